The number of carbonyl (C=O) groups is 1. The summed E-state index contributed by atoms with van der Waals surface area (Å²) in [6.45, 7) is 1.66. The van der Waals surface area contributed by atoms with Gasteiger partial charge in [-0.05, 0) is 55.5 Å². The van der Waals surface area contributed by atoms with Crippen molar-refractivity contribution in [2.45, 2.75) is 12.1 Å². The Hall–Kier alpha value is -4.22. The van der Waals surface area contributed by atoms with Crippen molar-refractivity contribution in [1.29, 1.82) is 0 Å². The van der Waals surface area contributed by atoms with Gasteiger partial charge in [0.2, 0.25) is 0 Å². The molecule has 4 rings (SSSR count). The van der Waals surface area contributed by atoms with Gasteiger partial charge in [0.05, 0.1) is 23.5 Å². The van der Waals surface area contributed by atoms with E-state index < -0.39 is 4.92 Å². The molecule has 12 heteroatoms. The van der Waals surface area contributed by atoms with Gasteiger partial charge in [-0.1, -0.05) is 35.5 Å². The molecule has 0 saturated carbocycles. The van der Waals surface area contributed by atoms with Crippen LogP contribution in [-0.4, -0.2) is 44.2 Å². The second-order valence-electron chi connectivity index (χ2n) is 7.67. The highest BCUT2D eigenvalue weighted by atomic mass is 35.5. The fourth-order valence-corrected chi connectivity index (χ4v) is 4.20. The molecule has 10 nitrogen and oxygen atoms in total. The number of nitro groups is 1. The van der Waals surface area contributed by atoms with Crippen molar-refractivity contribution in [2.24, 2.45) is 5.10 Å². The van der Waals surface area contributed by atoms with Crippen molar-refractivity contribution in [3.05, 3.63) is 93.5 Å². The van der Waals surface area contributed by atoms with Crippen LogP contribution in [0.25, 0.3) is 17.1 Å². The predicted molar refractivity (Wildman–Crippen MR) is 143 cm³/mol. The van der Waals surface area contributed by atoms with E-state index in [1.807, 2.05) is 41.0 Å². The molecular formula is C25H21ClN6O4S. The van der Waals surface area contributed by atoms with Crippen LogP contribution in [0, 0.1) is 10.1 Å². The molecule has 4 aromatic rings. The van der Waals surface area contributed by atoms with Gasteiger partial charge in [0, 0.05) is 34.0 Å². The van der Waals surface area contributed by atoms with Crippen molar-refractivity contribution in [3.63, 3.8) is 0 Å². The van der Waals surface area contributed by atoms with E-state index in [9.17, 15) is 14.9 Å². The maximum atomic E-state index is 12.5. The summed E-state index contributed by atoms with van der Waals surface area (Å²) in [5.74, 6) is 0.951. The van der Waals surface area contributed by atoms with Gasteiger partial charge in [-0.2, -0.15) is 5.10 Å². The maximum absolute atomic E-state index is 12.5. The number of amides is 1. The molecule has 0 unspecified atom stereocenters. The molecule has 0 atom stereocenters. The number of hydrazone groups is 1. The van der Waals surface area contributed by atoms with Crippen LogP contribution in [0.5, 0.6) is 5.75 Å². The third-order valence-corrected chi connectivity index (χ3v) is 6.40. The van der Waals surface area contributed by atoms with Crippen molar-refractivity contribution in [2.75, 3.05) is 12.9 Å². The van der Waals surface area contributed by atoms with Crippen LogP contribution in [0.3, 0.4) is 0 Å². The van der Waals surface area contributed by atoms with Crippen molar-refractivity contribution >= 4 is 40.7 Å². The smallest absolute Gasteiger partial charge is 0.270 e. The molecule has 0 saturated heterocycles. The van der Waals surface area contributed by atoms with Gasteiger partial charge in [-0.25, -0.2) is 5.43 Å². The van der Waals surface area contributed by atoms with E-state index in [0.717, 1.165) is 11.3 Å². The molecule has 0 aliphatic rings. The van der Waals surface area contributed by atoms with E-state index in [1.165, 1.54) is 23.9 Å². The molecule has 37 heavy (non-hydrogen) atoms. The van der Waals surface area contributed by atoms with Gasteiger partial charge >= 0.3 is 0 Å². The summed E-state index contributed by atoms with van der Waals surface area (Å²) >= 11 is 7.27. The zero-order valence-corrected chi connectivity index (χ0v) is 21.4. The molecule has 1 amide bonds. The molecule has 1 heterocycles. The van der Waals surface area contributed by atoms with E-state index in [2.05, 4.69) is 20.7 Å². The number of nitro benzene ring substituents is 1. The zero-order valence-electron chi connectivity index (χ0n) is 19.8. The predicted octanol–water partition coefficient (Wildman–Crippen LogP) is 5.14. The van der Waals surface area contributed by atoms with Crippen LogP contribution in [0.4, 0.5) is 5.69 Å². The number of ether oxygens (including phenoxy) is 1. The lowest BCUT2D eigenvalue weighted by atomic mass is 10.1. The minimum Gasteiger partial charge on any atom is -0.497 e. The van der Waals surface area contributed by atoms with Crippen LogP contribution < -0.4 is 10.2 Å². The van der Waals surface area contributed by atoms with Crippen molar-refractivity contribution in [3.8, 4) is 22.8 Å². The quantitative estimate of drug-likeness (QED) is 0.136. The molecule has 0 bridgehead atoms. The highest BCUT2D eigenvalue weighted by molar-refractivity contribution is 7.99. The summed E-state index contributed by atoms with van der Waals surface area (Å²) in [6.07, 6.45) is 0. The number of rotatable bonds is 9. The molecule has 0 aliphatic heterocycles. The number of aromatic nitrogens is 3. The third-order valence-electron chi connectivity index (χ3n) is 5.22. The number of halogens is 1. The Labute approximate surface area is 221 Å². The first-order chi connectivity index (χ1) is 17.9. The minimum atomic E-state index is -0.483. The zero-order chi connectivity index (χ0) is 26.4. The average molecular weight is 537 g/mol. The molecule has 188 valence electrons. The Morgan fingerprint density at radius 1 is 1.14 bits per heavy atom. The molecule has 1 N–H and O–H groups in total. The molecule has 1 aromatic heterocycles. The summed E-state index contributed by atoms with van der Waals surface area (Å²) in [5.41, 5.74) is 5.01. The van der Waals surface area contributed by atoms with Crippen LogP contribution in [0.1, 0.15) is 12.5 Å². The van der Waals surface area contributed by atoms with Crippen LogP contribution in [-0.2, 0) is 4.79 Å². The summed E-state index contributed by atoms with van der Waals surface area (Å²) < 4.78 is 7.08. The monoisotopic (exact) mass is 536 g/mol. The second-order valence-corrected chi connectivity index (χ2v) is 9.05. The van der Waals surface area contributed by atoms with Gasteiger partial charge in [-0.3, -0.25) is 19.5 Å². The highest BCUT2D eigenvalue weighted by Crippen LogP contribution is 2.29. The number of hydrogen-bond donors (Lipinski definition) is 1. The number of benzene rings is 3. The first-order valence-corrected chi connectivity index (χ1v) is 12.3. The molecule has 0 aliphatic carbocycles. The first-order valence-electron chi connectivity index (χ1n) is 10.9. The minimum absolute atomic E-state index is 0.0139. The third kappa shape index (κ3) is 6.32. The fraction of sp³-hybridized carbons (Fsp3) is 0.120. The topological polar surface area (TPSA) is 125 Å². The van der Waals surface area contributed by atoms with E-state index in [-0.39, 0.29) is 17.3 Å². The molecular weight excluding hydrogens is 516 g/mol. The Kier molecular flexibility index (Phi) is 8.16. The van der Waals surface area contributed by atoms with Crippen LogP contribution >= 0.6 is 23.4 Å². The second kappa shape index (κ2) is 11.7. The fourth-order valence-electron chi connectivity index (χ4n) is 3.33. The number of non-ortho nitro benzene ring substituents is 1. The van der Waals surface area contributed by atoms with Crippen LogP contribution in [0.15, 0.2) is 83.1 Å². The van der Waals surface area contributed by atoms with Gasteiger partial charge in [0.25, 0.3) is 11.6 Å². The lowest BCUT2D eigenvalue weighted by Gasteiger charge is -2.11. The van der Waals surface area contributed by atoms with E-state index in [4.69, 9.17) is 16.3 Å². The number of nitrogens with zero attached hydrogens (tertiary/aromatic N) is 5. The highest BCUT2D eigenvalue weighted by Gasteiger charge is 2.18. The molecule has 3 aromatic carbocycles. The number of carbonyl (C=O) groups excluding carboxylic acids is 1. The van der Waals surface area contributed by atoms with Crippen LogP contribution in [0.2, 0.25) is 5.02 Å². The summed E-state index contributed by atoms with van der Waals surface area (Å²) in [4.78, 5) is 23.0. The molecule has 0 spiro atoms. The SMILES string of the molecule is COc1ccc(-c2nnc(SCC(=O)N/N=C(\C)c3cccc([N+](=O)[O-])c3)n2-c2ccc(Cl)cc2)cc1. The summed E-state index contributed by atoms with van der Waals surface area (Å²) in [7, 11) is 1.60. The Morgan fingerprint density at radius 3 is 2.54 bits per heavy atom. The lowest BCUT2D eigenvalue weighted by molar-refractivity contribution is -0.384. The summed E-state index contributed by atoms with van der Waals surface area (Å²) in [6, 6.07) is 20.7. The van der Waals surface area contributed by atoms with Crippen molar-refractivity contribution in [1.82, 2.24) is 20.2 Å². The maximum Gasteiger partial charge on any atom is 0.270 e. The lowest BCUT2D eigenvalue weighted by Crippen LogP contribution is -2.21. The first kappa shape index (κ1) is 25.9. The van der Waals surface area contributed by atoms with E-state index in [1.54, 1.807) is 38.3 Å². The van der Waals surface area contributed by atoms with Gasteiger partial charge < -0.3 is 4.74 Å². The number of thioether (sulfide) groups is 1. The largest absolute Gasteiger partial charge is 0.497 e. The van der Waals surface area contributed by atoms with E-state index in [0.29, 0.717) is 33.0 Å². The Bertz CT molecular complexity index is 1460. The molecule has 0 radical (unpaired) electrons. The Balaban J connectivity index is 1.52. The standard InChI is InChI=1S/C25H21ClN6O4S/c1-16(18-4-3-5-21(14-18)32(34)35)27-28-23(33)15-37-25-30-29-24(17-6-12-22(36-2)13-7-17)31(25)20-10-8-19(26)9-11-20/h3-14H,15H2,1-2H3,(H,28,33)/b27-16+. The summed E-state index contributed by atoms with van der Waals surface area (Å²) in [5, 5.41) is 24.8. The number of hydrogen-bond acceptors (Lipinski definition) is 8. The Morgan fingerprint density at radius 2 is 1.86 bits per heavy atom. The number of methoxy groups -OCH3 is 1. The van der Waals surface area contributed by atoms with Crippen molar-refractivity contribution < 1.29 is 14.5 Å². The average Bonchev–Trinajstić information content (AvgIpc) is 3.35. The van der Waals surface area contributed by atoms with Gasteiger partial charge in [-0.15, -0.1) is 10.2 Å². The van der Waals surface area contributed by atoms with Gasteiger partial charge in [0.1, 0.15) is 5.75 Å². The number of nitrogens with one attached hydrogen (secondary N) is 1. The van der Waals surface area contributed by atoms with Gasteiger partial charge in [0.15, 0.2) is 11.0 Å². The van der Waals surface area contributed by atoms with E-state index >= 15 is 0 Å². The normalized spacial score (nSPS) is 11.3. The molecule has 0 fully saturated rings.